The van der Waals surface area contributed by atoms with Gasteiger partial charge in [0.05, 0.1) is 4.47 Å². The first-order valence-electron chi connectivity index (χ1n) is 4.88. The molecular formula is C11H14BrNO. The summed E-state index contributed by atoms with van der Waals surface area (Å²) in [6.45, 7) is 0. The molecule has 0 aromatic heterocycles. The molecule has 1 saturated carbocycles. The van der Waals surface area contributed by atoms with Crippen molar-refractivity contribution in [1.29, 1.82) is 0 Å². The Morgan fingerprint density at radius 3 is 2.71 bits per heavy atom. The number of rotatable bonds is 3. The molecule has 0 spiro atoms. The highest BCUT2D eigenvalue weighted by molar-refractivity contribution is 9.10. The molecule has 1 aliphatic rings. The topological polar surface area (TPSA) is 21.3 Å². The number of benzene rings is 1. The fourth-order valence-electron chi connectivity index (χ4n) is 1.62. The molecule has 0 saturated heterocycles. The SMILES string of the molecule is CNC1CC(Oc2ccccc2Br)C1. The van der Waals surface area contributed by atoms with Crippen molar-refractivity contribution in [3.63, 3.8) is 0 Å². The molecule has 2 rings (SSSR count). The first-order chi connectivity index (χ1) is 6.79. The van der Waals surface area contributed by atoms with Gasteiger partial charge in [-0.05, 0) is 48.0 Å². The predicted octanol–water partition coefficient (Wildman–Crippen LogP) is 2.58. The van der Waals surface area contributed by atoms with Crippen molar-refractivity contribution in [3.8, 4) is 5.75 Å². The van der Waals surface area contributed by atoms with Gasteiger partial charge in [0.15, 0.2) is 0 Å². The molecule has 1 aromatic carbocycles. The van der Waals surface area contributed by atoms with Crippen LogP contribution in [-0.4, -0.2) is 19.2 Å². The second kappa shape index (κ2) is 4.32. The standard InChI is InChI=1S/C11H14BrNO/c1-13-8-6-9(7-8)14-11-5-3-2-4-10(11)12/h2-5,8-9,13H,6-7H2,1H3. The largest absolute Gasteiger partial charge is 0.489 e. The molecule has 0 radical (unpaired) electrons. The van der Waals surface area contributed by atoms with Crippen molar-refractivity contribution in [2.45, 2.75) is 25.0 Å². The second-order valence-corrected chi connectivity index (χ2v) is 4.48. The number of nitrogens with one attached hydrogen (secondary N) is 1. The molecule has 3 heteroatoms. The molecule has 1 fully saturated rings. The quantitative estimate of drug-likeness (QED) is 0.897. The Morgan fingerprint density at radius 1 is 1.36 bits per heavy atom. The number of ether oxygens (including phenoxy) is 1. The van der Waals surface area contributed by atoms with Crippen LogP contribution in [0.2, 0.25) is 0 Å². The fourth-order valence-corrected chi connectivity index (χ4v) is 2.00. The van der Waals surface area contributed by atoms with Gasteiger partial charge in [-0.25, -0.2) is 0 Å². The molecule has 1 aromatic rings. The average Bonchev–Trinajstić information content (AvgIpc) is 2.13. The van der Waals surface area contributed by atoms with Crippen LogP contribution in [0, 0.1) is 0 Å². The minimum atomic E-state index is 0.381. The van der Waals surface area contributed by atoms with Gasteiger partial charge in [-0.3, -0.25) is 0 Å². The van der Waals surface area contributed by atoms with Gasteiger partial charge in [0.1, 0.15) is 11.9 Å². The van der Waals surface area contributed by atoms with Crippen LogP contribution in [0.1, 0.15) is 12.8 Å². The number of hydrogen-bond donors (Lipinski definition) is 1. The Labute approximate surface area is 92.8 Å². The zero-order chi connectivity index (χ0) is 9.97. The predicted molar refractivity (Wildman–Crippen MR) is 60.6 cm³/mol. The zero-order valence-corrected chi connectivity index (χ0v) is 9.75. The third-order valence-corrected chi connectivity index (χ3v) is 3.29. The van der Waals surface area contributed by atoms with E-state index in [1.807, 2.05) is 31.3 Å². The van der Waals surface area contributed by atoms with E-state index in [2.05, 4.69) is 21.2 Å². The summed E-state index contributed by atoms with van der Waals surface area (Å²) >= 11 is 3.47. The third kappa shape index (κ3) is 2.10. The van der Waals surface area contributed by atoms with Gasteiger partial charge in [0.2, 0.25) is 0 Å². The molecular weight excluding hydrogens is 242 g/mol. The summed E-state index contributed by atoms with van der Waals surface area (Å²) < 4.78 is 6.86. The Balaban J connectivity index is 1.90. The summed E-state index contributed by atoms with van der Waals surface area (Å²) in [4.78, 5) is 0. The van der Waals surface area contributed by atoms with E-state index < -0.39 is 0 Å². The van der Waals surface area contributed by atoms with E-state index in [9.17, 15) is 0 Å². The lowest BCUT2D eigenvalue weighted by Gasteiger charge is -2.35. The minimum Gasteiger partial charge on any atom is -0.489 e. The molecule has 0 unspecified atom stereocenters. The minimum absolute atomic E-state index is 0.381. The lowest BCUT2D eigenvalue weighted by molar-refractivity contribution is 0.0877. The lowest BCUT2D eigenvalue weighted by atomic mass is 9.89. The first-order valence-corrected chi connectivity index (χ1v) is 5.67. The normalized spacial score (nSPS) is 25.6. The maximum atomic E-state index is 5.83. The monoisotopic (exact) mass is 255 g/mol. The Morgan fingerprint density at radius 2 is 2.07 bits per heavy atom. The van der Waals surface area contributed by atoms with Crippen molar-refractivity contribution in [2.75, 3.05) is 7.05 Å². The smallest absolute Gasteiger partial charge is 0.133 e. The van der Waals surface area contributed by atoms with Crippen LogP contribution >= 0.6 is 15.9 Å². The van der Waals surface area contributed by atoms with E-state index in [-0.39, 0.29) is 0 Å². The Bertz CT molecular complexity index is 310. The number of hydrogen-bond acceptors (Lipinski definition) is 2. The van der Waals surface area contributed by atoms with Crippen molar-refractivity contribution in [2.24, 2.45) is 0 Å². The van der Waals surface area contributed by atoms with Crippen LogP contribution < -0.4 is 10.1 Å². The molecule has 14 heavy (non-hydrogen) atoms. The van der Waals surface area contributed by atoms with E-state index >= 15 is 0 Å². The summed E-state index contributed by atoms with van der Waals surface area (Å²) in [6, 6.07) is 8.63. The molecule has 0 heterocycles. The van der Waals surface area contributed by atoms with Gasteiger partial charge < -0.3 is 10.1 Å². The highest BCUT2D eigenvalue weighted by Crippen LogP contribution is 2.30. The van der Waals surface area contributed by atoms with Crippen molar-refractivity contribution >= 4 is 15.9 Å². The molecule has 0 atom stereocenters. The Hall–Kier alpha value is -0.540. The fraction of sp³-hybridized carbons (Fsp3) is 0.455. The molecule has 0 aliphatic heterocycles. The van der Waals surface area contributed by atoms with Gasteiger partial charge in [-0.1, -0.05) is 12.1 Å². The maximum absolute atomic E-state index is 5.83. The van der Waals surface area contributed by atoms with E-state index in [4.69, 9.17) is 4.74 Å². The van der Waals surface area contributed by atoms with Crippen molar-refractivity contribution < 1.29 is 4.74 Å². The van der Waals surface area contributed by atoms with Gasteiger partial charge in [-0.2, -0.15) is 0 Å². The van der Waals surface area contributed by atoms with Crippen LogP contribution in [0.15, 0.2) is 28.7 Å². The van der Waals surface area contributed by atoms with Crippen LogP contribution in [0.25, 0.3) is 0 Å². The number of halogens is 1. The number of para-hydroxylation sites is 1. The van der Waals surface area contributed by atoms with Crippen LogP contribution in [0.5, 0.6) is 5.75 Å². The summed E-state index contributed by atoms with van der Waals surface area (Å²) in [7, 11) is 2.00. The average molecular weight is 256 g/mol. The lowest BCUT2D eigenvalue weighted by Crippen LogP contribution is -2.45. The summed E-state index contributed by atoms with van der Waals surface area (Å²) in [5.41, 5.74) is 0. The van der Waals surface area contributed by atoms with Crippen LogP contribution in [-0.2, 0) is 0 Å². The molecule has 2 nitrogen and oxygen atoms in total. The van der Waals surface area contributed by atoms with E-state index in [1.54, 1.807) is 0 Å². The summed E-state index contributed by atoms with van der Waals surface area (Å²) in [5.74, 6) is 0.951. The Kier molecular flexibility index (Phi) is 3.08. The summed E-state index contributed by atoms with van der Waals surface area (Å²) in [5, 5.41) is 3.24. The van der Waals surface area contributed by atoms with E-state index in [0.717, 1.165) is 23.1 Å². The van der Waals surface area contributed by atoms with Gasteiger partial charge >= 0.3 is 0 Å². The maximum Gasteiger partial charge on any atom is 0.133 e. The molecule has 76 valence electrons. The molecule has 1 N–H and O–H groups in total. The van der Waals surface area contributed by atoms with Crippen molar-refractivity contribution in [1.82, 2.24) is 5.32 Å². The first kappa shape index (κ1) is 9.99. The van der Waals surface area contributed by atoms with Crippen molar-refractivity contribution in [3.05, 3.63) is 28.7 Å². The van der Waals surface area contributed by atoms with Crippen LogP contribution in [0.3, 0.4) is 0 Å². The highest BCUT2D eigenvalue weighted by atomic mass is 79.9. The molecule has 0 amide bonds. The van der Waals surface area contributed by atoms with Gasteiger partial charge in [0, 0.05) is 6.04 Å². The van der Waals surface area contributed by atoms with Gasteiger partial charge in [-0.15, -0.1) is 0 Å². The zero-order valence-electron chi connectivity index (χ0n) is 8.16. The van der Waals surface area contributed by atoms with Gasteiger partial charge in [0.25, 0.3) is 0 Å². The third-order valence-electron chi connectivity index (χ3n) is 2.63. The van der Waals surface area contributed by atoms with Crippen LogP contribution in [0.4, 0.5) is 0 Å². The molecule has 1 aliphatic carbocycles. The molecule has 0 bridgehead atoms. The highest BCUT2D eigenvalue weighted by Gasteiger charge is 2.29. The van der Waals surface area contributed by atoms with E-state index in [0.29, 0.717) is 12.1 Å². The second-order valence-electron chi connectivity index (χ2n) is 3.63. The summed E-state index contributed by atoms with van der Waals surface area (Å²) in [6.07, 6.45) is 2.60. The van der Waals surface area contributed by atoms with E-state index in [1.165, 1.54) is 0 Å².